The van der Waals surface area contributed by atoms with Crippen molar-refractivity contribution in [3.05, 3.63) is 0 Å². The molecule has 0 amide bonds. The minimum absolute atomic E-state index is 0.125. The molecule has 2 heterocycles. The van der Waals surface area contributed by atoms with Gasteiger partial charge in [0.15, 0.2) is 0 Å². The van der Waals surface area contributed by atoms with Crippen molar-refractivity contribution in [2.24, 2.45) is 11.8 Å². The molecule has 0 N–H and O–H groups in total. The van der Waals surface area contributed by atoms with Gasteiger partial charge in [-0.25, -0.2) is 0 Å². The summed E-state index contributed by atoms with van der Waals surface area (Å²) in [6, 6.07) is 0. The maximum atomic E-state index is 12.4. The molecular weight excluding hydrogens is 193 g/mol. The van der Waals surface area contributed by atoms with Crippen molar-refractivity contribution in [2.75, 3.05) is 39.5 Å². The fourth-order valence-corrected chi connectivity index (χ4v) is 2.64. The lowest BCUT2D eigenvalue weighted by atomic mass is 9.96. The molecule has 3 heteroatoms. The predicted molar refractivity (Wildman–Crippen MR) is 58.7 cm³/mol. The van der Waals surface area contributed by atoms with Gasteiger partial charge in [0.2, 0.25) is 0 Å². The van der Waals surface area contributed by atoms with Crippen LogP contribution in [-0.2, 0) is 4.74 Å². The summed E-state index contributed by atoms with van der Waals surface area (Å²) >= 11 is 0. The standard InChI is InChI=1S/C12H22FNO/c13-8-11-3-5-14(6-4-11)9-12-2-1-7-15-10-12/h11-12H,1-10H2. The van der Waals surface area contributed by atoms with E-state index >= 15 is 0 Å². The number of likely N-dealkylation sites (tertiary alicyclic amines) is 1. The predicted octanol–water partition coefficient (Wildman–Crippen LogP) is 2.09. The molecule has 0 aromatic heterocycles. The Hall–Kier alpha value is -0.150. The third-order valence-corrected chi connectivity index (χ3v) is 3.70. The van der Waals surface area contributed by atoms with Crippen LogP contribution in [0.3, 0.4) is 0 Å². The van der Waals surface area contributed by atoms with E-state index in [1.807, 2.05) is 0 Å². The molecule has 0 aromatic carbocycles. The van der Waals surface area contributed by atoms with E-state index in [9.17, 15) is 4.39 Å². The smallest absolute Gasteiger partial charge is 0.0923 e. The van der Waals surface area contributed by atoms with Gasteiger partial charge in [0.05, 0.1) is 13.3 Å². The second-order valence-electron chi connectivity index (χ2n) is 4.98. The van der Waals surface area contributed by atoms with Crippen molar-refractivity contribution >= 4 is 0 Å². The van der Waals surface area contributed by atoms with Crippen LogP contribution in [0.15, 0.2) is 0 Å². The van der Waals surface area contributed by atoms with Crippen molar-refractivity contribution in [1.29, 1.82) is 0 Å². The van der Waals surface area contributed by atoms with Gasteiger partial charge in [0, 0.05) is 13.2 Å². The van der Waals surface area contributed by atoms with Gasteiger partial charge in [-0.1, -0.05) is 0 Å². The first-order chi connectivity index (χ1) is 7.38. The van der Waals surface area contributed by atoms with Crippen molar-refractivity contribution in [3.8, 4) is 0 Å². The number of piperidine rings is 1. The second kappa shape index (κ2) is 5.80. The van der Waals surface area contributed by atoms with Crippen molar-refractivity contribution < 1.29 is 9.13 Å². The SMILES string of the molecule is FCC1CCN(CC2CCCOC2)CC1. The molecule has 0 bridgehead atoms. The average molecular weight is 215 g/mol. The fourth-order valence-electron chi connectivity index (χ4n) is 2.64. The van der Waals surface area contributed by atoms with E-state index in [2.05, 4.69) is 4.90 Å². The van der Waals surface area contributed by atoms with Crippen LogP contribution >= 0.6 is 0 Å². The van der Waals surface area contributed by atoms with E-state index in [1.165, 1.54) is 19.4 Å². The Labute approximate surface area is 91.8 Å². The van der Waals surface area contributed by atoms with Crippen molar-refractivity contribution in [2.45, 2.75) is 25.7 Å². The molecule has 0 aliphatic carbocycles. The first kappa shape index (κ1) is 11.3. The van der Waals surface area contributed by atoms with Crippen LogP contribution in [0.1, 0.15) is 25.7 Å². The molecule has 0 aromatic rings. The van der Waals surface area contributed by atoms with Gasteiger partial charge in [0.1, 0.15) is 0 Å². The van der Waals surface area contributed by atoms with Gasteiger partial charge < -0.3 is 9.64 Å². The fraction of sp³-hybridized carbons (Fsp3) is 1.00. The van der Waals surface area contributed by atoms with E-state index in [-0.39, 0.29) is 6.67 Å². The molecule has 2 aliphatic heterocycles. The number of hydrogen-bond donors (Lipinski definition) is 0. The summed E-state index contributed by atoms with van der Waals surface area (Å²) in [5, 5.41) is 0. The number of alkyl halides is 1. The van der Waals surface area contributed by atoms with Crippen LogP contribution in [0.4, 0.5) is 4.39 Å². The molecule has 2 nitrogen and oxygen atoms in total. The monoisotopic (exact) mass is 215 g/mol. The van der Waals surface area contributed by atoms with E-state index < -0.39 is 0 Å². The normalized spacial score (nSPS) is 30.6. The van der Waals surface area contributed by atoms with Crippen LogP contribution in [0.2, 0.25) is 0 Å². The van der Waals surface area contributed by atoms with E-state index in [4.69, 9.17) is 4.74 Å². The summed E-state index contributed by atoms with van der Waals surface area (Å²) in [7, 11) is 0. The number of rotatable bonds is 3. The van der Waals surface area contributed by atoms with Crippen LogP contribution in [-0.4, -0.2) is 44.4 Å². The molecule has 0 radical (unpaired) electrons. The highest BCUT2D eigenvalue weighted by molar-refractivity contribution is 4.75. The van der Waals surface area contributed by atoms with Gasteiger partial charge in [-0.3, -0.25) is 4.39 Å². The van der Waals surface area contributed by atoms with Gasteiger partial charge in [-0.05, 0) is 50.6 Å². The zero-order valence-electron chi connectivity index (χ0n) is 9.46. The summed E-state index contributed by atoms with van der Waals surface area (Å²) in [6.45, 7) is 5.10. The number of halogens is 1. The topological polar surface area (TPSA) is 12.5 Å². The van der Waals surface area contributed by atoms with Crippen molar-refractivity contribution in [3.63, 3.8) is 0 Å². The highest BCUT2D eigenvalue weighted by atomic mass is 19.1. The Bertz CT molecular complexity index is 174. The molecule has 1 atom stereocenters. The zero-order valence-corrected chi connectivity index (χ0v) is 9.46. The zero-order chi connectivity index (χ0) is 10.5. The molecule has 88 valence electrons. The third kappa shape index (κ3) is 3.42. The lowest BCUT2D eigenvalue weighted by Gasteiger charge is -2.34. The Balaban J connectivity index is 1.67. The van der Waals surface area contributed by atoms with E-state index in [1.54, 1.807) is 0 Å². The third-order valence-electron chi connectivity index (χ3n) is 3.70. The summed E-state index contributed by atoms with van der Waals surface area (Å²) in [5.74, 6) is 1.06. The molecule has 0 saturated carbocycles. The van der Waals surface area contributed by atoms with Gasteiger partial charge in [-0.15, -0.1) is 0 Å². The highest BCUT2D eigenvalue weighted by Gasteiger charge is 2.22. The van der Waals surface area contributed by atoms with Crippen LogP contribution in [0.5, 0.6) is 0 Å². The van der Waals surface area contributed by atoms with E-state index in [0.29, 0.717) is 5.92 Å². The summed E-state index contributed by atoms with van der Waals surface area (Å²) in [4.78, 5) is 2.49. The molecule has 2 rings (SSSR count). The average Bonchev–Trinajstić information content (AvgIpc) is 2.31. The Morgan fingerprint density at radius 3 is 2.53 bits per heavy atom. The molecule has 0 spiro atoms. The summed E-state index contributed by atoms with van der Waals surface area (Å²) in [5.41, 5.74) is 0. The maximum absolute atomic E-state index is 12.4. The first-order valence-electron chi connectivity index (χ1n) is 6.24. The van der Waals surface area contributed by atoms with Crippen LogP contribution in [0.25, 0.3) is 0 Å². The Kier molecular flexibility index (Phi) is 4.39. The highest BCUT2D eigenvalue weighted by Crippen LogP contribution is 2.21. The maximum Gasteiger partial charge on any atom is 0.0923 e. The number of ether oxygens (including phenoxy) is 1. The number of hydrogen-bond acceptors (Lipinski definition) is 2. The molecular formula is C12H22FNO. The molecule has 15 heavy (non-hydrogen) atoms. The van der Waals surface area contributed by atoms with Gasteiger partial charge >= 0.3 is 0 Å². The molecule has 2 fully saturated rings. The van der Waals surface area contributed by atoms with Gasteiger partial charge in [-0.2, -0.15) is 0 Å². The minimum Gasteiger partial charge on any atom is -0.381 e. The van der Waals surface area contributed by atoms with Gasteiger partial charge in [0.25, 0.3) is 0 Å². The summed E-state index contributed by atoms with van der Waals surface area (Å²) in [6.07, 6.45) is 4.61. The Morgan fingerprint density at radius 2 is 1.93 bits per heavy atom. The second-order valence-corrected chi connectivity index (χ2v) is 4.98. The summed E-state index contributed by atoms with van der Waals surface area (Å²) < 4.78 is 17.9. The molecule has 1 unspecified atom stereocenters. The lowest BCUT2D eigenvalue weighted by molar-refractivity contribution is 0.0318. The van der Waals surface area contributed by atoms with Crippen LogP contribution in [0, 0.1) is 11.8 Å². The quantitative estimate of drug-likeness (QED) is 0.715. The van der Waals surface area contributed by atoms with E-state index in [0.717, 1.165) is 45.1 Å². The van der Waals surface area contributed by atoms with Crippen molar-refractivity contribution in [1.82, 2.24) is 4.90 Å². The Morgan fingerprint density at radius 1 is 1.13 bits per heavy atom. The largest absolute Gasteiger partial charge is 0.381 e. The molecule has 2 aliphatic rings. The lowest BCUT2D eigenvalue weighted by Crippen LogP contribution is -2.39. The first-order valence-corrected chi connectivity index (χ1v) is 6.24. The molecule has 2 saturated heterocycles. The van der Waals surface area contributed by atoms with Crippen LogP contribution < -0.4 is 0 Å². The minimum atomic E-state index is -0.125. The number of nitrogens with zero attached hydrogens (tertiary/aromatic N) is 1.